The minimum absolute atomic E-state index is 0.000648. The van der Waals surface area contributed by atoms with Gasteiger partial charge in [0.15, 0.2) is 0 Å². The first-order valence-corrected chi connectivity index (χ1v) is 5.99. The number of rotatable bonds is 3. The number of nitrogens with two attached hydrogens (primary N) is 1. The van der Waals surface area contributed by atoms with Crippen molar-refractivity contribution in [3.05, 3.63) is 40.2 Å². The second-order valence-electron chi connectivity index (χ2n) is 4.06. The lowest BCUT2D eigenvalue weighted by Crippen LogP contribution is -2.26. The molecule has 1 heterocycles. The number of nitrogens with one attached hydrogen (secondary N) is 1. The summed E-state index contributed by atoms with van der Waals surface area (Å²) in [5.74, 6) is -0.176. The van der Waals surface area contributed by atoms with Crippen LogP contribution in [0.5, 0.6) is 5.75 Å². The summed E-state index contributed by atoms with van der Waals surface area (Å²) in [4.78, 5) is 22.8. The number of pyridine rings is 1. The lowest BCUT2D eigenvalue weighted by Gasteiger charge is -2.11. The van der Waals surface area contributed by atoms with Crippen LogP contribution < -0.4 is 16.7 Å². The van der Waals surface area contributed by atoms with E-state index >= 15 is 0 Å². The normalized spacial score (nSPS) is 11.1. The number of nitrogens with zero attached hydrogens (tertiary/aromatic N) is 2. The molecule has 2 amide bonds. The average Bonchev–Trinajstić information content (AvgIpc) is 2.43. The Morgan fingerprint density at radius 3 is 2.85 bits per heavy atom. The number of amides is 2. The molecule has 1 aromatic heterocycles. The number of carbonyl (C=O) groups excluding carboxylic acids is 1. The quantitative estimate of drug-likeness (QED) is 0.566. The van der Waals surface area contributed by atoms with E-state index < -0.39 is 11.6 Å². The van der Waals surface area contributed by atoms with Crippen LogP contribution in [0, 0.1) is 0 Å². The van der Waals surface area contributed by atoms with E-state index in [0.29, 0.717) is 17.4 Å². The third-order valence-electron chi connectivity index (χ3n) is 2.87. The molecule has 0 atom stereocenters. The number of fused-ring (bicyclic) bond motifs is 1. The van der Waals surface area contributed by atoms with Gasteiger partial charge in [-0.05, 0) is 19.1 Å². The summed E-state index contributed by atoms with van der Waals surface area (Å²) in [6.45, 7) is 2.27. The number of hydrazone groups is 1. The van der Waals surface area contributed by atoms with Gasteiger partial charge in [-0.2, -0.15) is 5.10 Å². The zero-order valence-electron chi connectivity index (χ0n) is 10.8. The maximum atomic E-state index is 12.3. The average molecular weight is 274 g/mol. The number of benzene rings is 1. The van der Waals surface area contributed by atoms with Crippen LogP contribution in [-0.4, -0.2) is 21.9 Å². The van der Waals surface area contributed by atoms with Crippen molar-refractivity contribution in [1.29, 1.82) is 0 Å². The standard InChI is InChI=1S/C13H14N4O3/c1-2-17-10-6-4-3-5-8(10)11(18)9(12(17)19)7-15-16-13(14)20/h3-7,18H,2H2,1H3,(H3,14,16,20). The zero-order valence-corrected chi connectivity index (χ0v) is 10.8. The lowest BCUT2D eigenvalue weighted by atomic mass is 10.1. The Kier molecular flexibility index (Phi) is 3.69. The number of primary amides is 1. The van der Waals surface area contributed by atoms with Crippen LogP contribution in [0.3, 0.4) is 0 Å². The Labute approximate surface area is 114 Å². The first-order chi connectivity index (χ1) is 9.56. The number of hydrogen-bond donors (Lipinski definition) is 3. The van der Waals surface area contributed by atoms with Crippen molar-refractivity contribution in [3.8, 4) is 5.75 Å². The molecular weight excluding hydrogens is 260 g/mol. The first-order valence-electron chi connectivity index (χ1n) is 5.99. The molecule has 0 fully saturated rings. The fourth-order valence-electron chi connectivity index (χ4n) is 2.00. The summed E-state index contributed by atoms with van der Waals surface area (Å²) in [6.07, 6.45) is 1.08. The Bertz CT molecular complexity index is 749. The van der Waals surface area contributed by atoms with Crippen molar-refractivity contribution in [2.75, 3.05) is 0 Å². The predicted molar refractivity (Wildman–Crippen MR) is 75.9 cm³/mol. The van der Waals surface area contributed by atoms with Crippen LogP contribution >= 0.6 is 0 Å². The van der Waals surface area contributed by atoms with E-state index in [-0.39, 0.29) is 11.3 Å². The van der Waals surface area contributed by atoms with Gasteiger partial charge in [-0.25, -0.2) is 10.2 Å². The van der Waals surface area contributed by atoms with Crippen molar-refractivity contribution in [3.63, 3.8) is 0 Å². The summed E-state index contributed by atoms with van der Waals surface area (Å²) < 4.78 is 1.51. The topological polar surface area (TPSA) is 110 Å². The Morgan fingerprint density at radius 2 is 2.20 bits per heavy atom. The molecule has 7 nitrogen and oxygen atoms in total. The van der Waals surface area contributed by atoms with E-state index in [4.69, 9.17) is 5.73 Å². The molecule has 7 heteroatoms. The molecule has 0 radical (unpaired) electrons. The van der Waals surface area contributed by atoms with Crippen molar-refractivity contribution < 1.29 is 9.90 Å². The number of carbonyl (C=O) groups is 1. The molecule has 0 aliphatic heterocycles. The van der Waals surface area contributed by atoms with Gasteiger partial charge >= 0.3 is 6.03 Å². The van der Waals surface area contributed by atoms with Gasteiger partial charge in [-0.3, -0.25) is 4.79 Å². The zero-order chi connectivity index (χ0) is 14.7. The van der Waals surface area contributed by atoms with E-state index in [1.54, 1.807) is 24.3 Å². The van der Waals surface area contributed by atoms with Gasteiger partial charge in [0, 0.05) is 11.9 Å². The van der Waals surface area contributed by atoms with Crippen LogP contribution in [0.15, 0.2) is 34.2 Å². The number of urea groups is 1. The summed E-state index contributed by atoms with van der Waals surface area (Å²) in [7, 11) is 0. The van der Waals surface area contributed by atoms with E-state index in [1.165, 1.54) is 4.57 Å². The molecule has 2 rings (SSSR count). The van der Waals surface area contributed by atoms with Crippen LogP contribution in [0.25, 0.3) is 10.9 Å². The Morgan fingerprint density at radius 1 is 1.50 bits per heavy atom. The monoisotopic (exact) mass is 274 g/mol. The van der Waals surface area contributed by atoms with E-state index in [1.807, 2.05) is 12.3 Å². The molecule has 4 N–H and O–H groups in total. The molecule has 0 saturated heterocycles. The number of para-hydroxylation sites is 1. The molecule has 1 aromatic carbocycles. The summed E-state index contributed by atoms with van der Waals surface area (Å²) in [5.41, 5.74) is 7.10. The number of aromatic hydroxyl groups is 1. The molecule has 0 saturated carbocycles. The minimum atomic E-state index is -0.850. The first kappa shape index (κ1) is 13.6. The molecule has 0 unspecified atom stereocenters. The van der Waals surface area contributed by atoms with Gasteiger partial charge < -0.3 is 15.4 Å². The van der Waals surface area contributed by atoms with Gasteiger partial charge in [0.25, 0.3) is 5.56 Å². The van der Waals surface area contributed by atoms with Crippen molar-refractivity contribution >= 4 is 23.1 Å². The summed E-state index contributed by atoms with van der Waals surface area (Å²) >= 11 is 0. The smallest absolute Gasteiger partial charge is 0.332 e. The second-order valence-corrected chi connectivity index (χ2v) is 4.06. The number of aromatic nitrogens is 1. The fourth-order valence-corrected chi connectivity index (χ4v) is 2.00. The molecular formula is C13H14N4O3. The van der Waals surface area contributed by atoms with Crippen molar-refractivity contribution in [1.82, 2.24) is 9.99 Å². The molecule has 0 bridgehead atoms. The maximum absolute atomic E-state index is 12.3. The molecule has 2 aromatic rings. The molecule has 0 spiro atoms. The van der Waals surface area contributed by atoms with Gasteiger partial charge in [0.1, 0.15) is 11.3 Å². The van der Waals surface area contributed by atoms with Gasteiger partial charge in [-0.15, -0.1) is 0 Å². The SMILES string of the molecule is CCn1c(=O)c(C=NNC(N)=O)c(O)c2ccccc21. The lowest BCUT2D eigenvalue weighted by molar-refractivity contribution is 0.249. The highest BCUT2D eigenvalue weighted by Crippen LogP contribution is 2.25. The third-order valence-corrected chi connectivity index (χ3v) is 2.87. The van der Waals surface area contributed by atoms with Gasteiger partial charge in [0.05, 0.1) is 11.7 Å². The van der Waals surface area contributed by atoms with Crippen LogP contribution in [0.1, 0.15) is 12.5 Å². The molecule has 20 heavy (non-hydrogen) atoms. The van der Waals surface area contributed by atoms with Gasteiger partial charge in [-0.1, -0.05) is 12.1 Å². The van der Waals surface area contributed by atoms with Crippen molar-refractivity contribution in [2.45, 2.75) is 13.5 Å². The minimum Gasteiger partial charge on any atom is -0.506 e. The fraction of sp³-hybridized carbons (Fsp3) is 0.154. The predicted octanol–water partition coefficient (Wildman–Crippen LogP) is 0.729. The largest absolute Gasteiger partial charge is 0.506 e. The van der Waals surface area contributed by atoms with Crippen LogP contribution in [0.2, 0.25) is 0 Å². The number of aryl methyl sites for hydroxylation is 1. The second kappa shape index (κ2) is 5.43. The van der Waals surface area contributed by atoms with Crippen LogP contribution in [-0.2, 0) is 6.54 Å². The third kappa shape index (κ3) is 2.33. The highest BCUT2D eigenvalue weighted by molar-refractivity contribution is 5.95. The highest BCUT2D eigenvalue weighted by Gasteiger charge is 2.13. The molecule has 0 aliphatic rings. The molecule has 0 aliphatic carbocycles. The Hall–Kier alpha value is -2.83. The van der Waals surface area contributed by atoms with Crippen LogP contribution in [0.4, 0.5) is 4.79 Å². The van der Waals surface area contributed by atoms with E-state index in [2.05, 4.69) is 5.10 Å². The Balaban J connectivity index is 2.69. The summed E-state index contributed by atoms with van der Waals surface area (Å²) in [6, 6.07) is 6.15. The van der Waals surface area contributed by atoms with E-state index in [9.17, 15) is 14.7 Å². The molecule has 104 valence electrons. The maximum Gasteiger partial charge on any atom is 0.332 e. The highest BCUT2D eigenvalue weighted by atomic mass is 16.3. The van der Waals surface area contributed by atoms with E-state index in [0.717, 1.165) is 6.21 Å². The summed E-state index contributed by atoms with van der Waals surface area (Å²) in [5, 5.41) is 14.2. The number of hydrogen-bond acceptors (Lipinski definition) is 4. The van der Waals surface area contributed by atoms with Gasteiger partial charge in [0.2, 0.25) is 0 Å². The van der Waals surface area contributed by atoms with Crippen molar-refractivity contribution in [2.24, 2.45) is 10.8 Å².